The first-order valence-electron chi connectivity index (χ1n) is 7.41. The number of halogens is 3. The summed E-state index contributed by atoms with van der Waals surface area (Å²) in [5.41, 5.74) is -5.54. The molecule has 0 unspecified atom stereocenters. The van der Waals surface area contributed by atoms with Gasteiger partial charge < -0.3 is 9.64 Å². The highest BCUT2D eigenvalue weighted by Gasteiger charge is 2.47. The van der Waals surface area contributed by atoms with Crippen molar-refractivity contribution in [2.24, 2.45) is 0 Å². The fourth-order valence-electron chi connectivity index (χ4n) is 2.36. The van der Waals surface area contributed by atoms with E-state index < -0.39 is 30.9 Å². The summed E-state index contributed by atoms with van der Waals surface area (Å²) in [6.07, 6.45) is 0. The van der Waals surface area contributed by atoms with Gasteiger partial charge in [-0.1, -0.05) is 12.1 Å². The van der Waals surface area contributed by atoms with E-state index in [1.54, 1.807) is 24.3 Å². The Kier molecular flexibility index (Phi) is 5.64. The van der Waals surface area contributed by atoms with Crippen LogP contribution in [0.25, 0.3) is 0 Å². The third kappa shape index (κ3) is 4.30. The molecule has 2 rings (SSSR count). The van der Waals surface area contributed by atoms with Gasteiger partial charge in [0.25, 0.3) is 15.5 Å². The van der Waals surface area contributed by atoms with Gasteiger partial charge in [0, 0.05) is 19.7 Å². The quantitative estimate of drug-likeness (QED) is 0.541. The van der Waals surface area contributed by atoms with E-state index in [1.807, 2.05) is 0 Å². The van der Waals surface area contributed by atoms with Crippen molar-refractivity contribution in [3.8, 4) is 5.75 Å². The van der Waals surface area contributed by atoms with Crippen molar-refractivity contribution in [2.75, 3.05) is 19.1 Å². The summed E-state index contributed by atoms with van der Waals surface area (Å²) in [5.74, 6) is 0.620. The van der Waals surface area contributed by atoms with E-state index in [0.717, 1.165) is 11.6 Å². The summed E-state index contributed by atoms with van der Waals surface area (Å²) in [6.45, 7) is 0.205. The number of methoxy groups -OCH3 is 1. The molecule has 146 valence electrons. The normalized spacial score (nSPS) is 11.9. The van der Waals surface area contributed by atoms with Crippen molar-refractivity contribution in [1.29, 1.82) is 0 Å². The lowest BCUT2D eigenvalue weighted by molar-refractivity contribution is -0.384. The van der Waals surface area contributed by atoms with Crippen LogP contribution in [0.4, 0.5) is 24.5 Å². The van der Waals surface area contributed by atoms with Gasteiger partial charge in [-0.3, -0.25) is 10.1 Å². The van der Waals surface area contributed by atoms with E-state index in [4.69, 9.17) is 4.74 Å². The maximum atomic E-state index is 12.7. The Hall–Kier alpha value is -2.82. The van der Waals surface area contributed by atoms with Crippen LogP contribution < -0.4 is 9.64 Å². The standard InChI is InChI=1S/C16H15F3N2O5S/c1-20(10-11-3-5-12(26-2)6-4-11)14-8-7-13(9-15(14)21(22)23)27(24,25)16(17,18)19/h3-9H,10H2,1-2H3. The lowest BCUT2D eigenvalue weighted by Gasteiger charge is -2.20. The van der Waals surface area contributed by atoms with Crippen molar-refractivity contribution >= 4 is 21.2 Å². The molecule has 0 aliphatic carbocycles. The van der Waals surface area contributed by atoms with Crippen molar-refractivity contribution in [2.45, 2.75) is 16.9 Å². The zero-order valence-corrected chi connectivity index (χ0v) is 15.0. The van der Waals surface area contributed by atoms with Gasteiger partial charge in [0.2, 0.25) is 0 Å². The predicted molar refractivity (Wildman–Crippen MR) is 91.4 cm³/mol. The molecule has 0 radical (unpaired) electrons. The van der Waals surface area contributed by atoms with Crippen LogP contribution in [0.15, 0.2) is 47.4 Å². The van der Waals surface area contributed by atoms with Crippen molar-refractivity contribution in [3.05, 3.63) is 58.1 Å². The van der Waals surface area contributed by atoms with Gasteiger partial charge in [0.1, 0.15) is 11.4 Å². The number of hydrogen-bond acceptors (Lipinski definition) is 6. The van der Waals surface area contributed by atoms with Crippen LogP contribution in [0.1, 0.15) is 5.56 Å². The van der Waals surface area contributed by atoms with Gasteiger partial charge in [-0.05, 0) is 29.8 Å². The molecule has 2 aromatic carbocycles. The largest absolute Gasteiger partial charge is 0.501 e. The minimum Gasteiger partial charge on any atom is -0.497 e. The smallest absolute Gasteiger partial charge is 0.497 e. The average molecular weight is 404 g/mol. The third-order valence-corrected chi connectivity index (χ3v) is 5.23. The number of nitro benzene ring substituents is 1. The number of nitro groups is 1. The number of alkyl halides is 3. The van der Waals surface area contributed by atoms with E-state index >= 15 is 0 Å². The highest BCUT2D eigenvalue weighted by Crippen LogP contribution is 2.36. The minimum atomic E-state index is -5.68. The number of nitrogens with zero attached hydrogens (tertiary/aromatic N) is 2. The van der Waals surface area contributed by atoms with E-state index in [-0.39, 0.29) is 12.2 Å². The molecule has 0 saturated heterocycles. The molecule has 0 aliphatic heterocycles. The first kappa shape index (κ1) is 20.5. The Bertz CT molecular complexity index is 944. The van der Waals surface area contributed by atoms with E-state index in [0.29, 0.717) is 17.9 Å². The van der Waals surface area contributed by atoms with Crippen LogP contribution >= 0.6 is 0 Å². The fourth-order valence-corrected chi connectivity index (χ4v) is 3.14. The lowest BCUT2D eigenvalue weighted by atomic mass is 10.2. The van der Waals surface area contributed by atoms with Crippen LogP contribution in [0, 0.1) is 10.1 Å². The van der Waals surface area contributed by atoms with Gasteiger partial charge in [-0.15, -0.1) is 0 Å². The topological polar surface area (TPSA) is 89.8 Å². The van der Waals surface area contributed by atoms with Gasteiger partial charge in [0.05, 0.1) is 16.9 Å². The van der Waals surface area contributed by atoms with Crippen LogP contribution in [0.5, 0.6) is 5.75 Å². The molecule has 0 saturated carbocycles. The van der Waals surface area contributed by atoms with Crippen molar-refractivity contribution < 1.29 is 31.2 Å². The van der Waals surface area contributed by atoms with E-state index in [1.165, 1.54) is 19.1 Å². The zero-order valence-electron chi connectivity index (χ0n) is 14.2. The molecule has 2 aromatic rings. The number of benzene rings is 2. The van der Waals surface area contributed by atoms with Gasteiger partial charge in [-0.25, -0.2) is 8.42 Å². The lowest BCUT2D eigenvalue weighted by Crippen LogP contribution is -2.24. The summed E-state index contributed by atoms with van der Waals surface area (Å²) in [7, 11) is -2.67. The Balaban J connectivity index is 2.40. The van der Waals surface area contributed by atoms with E-state index in [9.17, 15) is 31.7 Å². The molecule has 27 heavy (non-hydrogen) atoms. The second-order valence-corrected chi connectivity index (χ2v) is 7.50. The summed E-state index contributed by atoms with van der Waals surface area (Å²) < 4.78 is 66.1. The van der Waals surface area contributed by atoms with Crippen molar-refractivity contribution in [1.82, 2.24) is 0 Å². The molecular weight excluding hydrogens is 389 g/mol. The van der Waals surface area contributed by atoms with Gasteiger partial charge in [-0.2, -0.15) is 13.2 Å². The monoisotopic (exact) mass is 404 g/mol. The Morgan fingerprint density at radius 1 is 1.15 bits per heavy atom. The maximum absolute atomic E-state index is 12.7. The predicted octanol–water partition coefficient (Wildman–Crippen LogP) is 3.53. The fraction of sp³-hybridized carbons (Fsp3) is 0.250. The number of anilines is 1. The van der Waals surface area contributed by atoms with Gasteiger partial charge in [0.15, 0.2) is 0 Å². The second-order valence-electron chi connectivity index (χ2n) is 5.56. The number of ether oxygens (including phenoxy) is 1. The molecule has 0 amide bonds. The Labute approximate surface area is 153 Å². The molecule has 0 spiro atoms. The number of sulfone groups is 1. The Morgan fingerprint density at radius 2 is 1.74 bits per heavy atom. The number of rotatable bonds is 6. The van der Waals surface area contributed by atoms with Crippen LogP contribution in [0.2, 0.25) is 0 Å². The summed E-state index contributed by atoms with van der Waals surface area (Å²) in [5, 5.41) is 11.3. The molecule has 0 heterocycles. The van der Waals surface area contributed by atoms with Crippen molar-refractivity contribution in [3.63, 3.8) is 0 Å². The highest BCUT2D eigenvalue weighted by molar-refractivity contribution is 7.92. The van der Waals surface area contributed by atoms with E-state index in [2.05, 4.69) is 0 Å². The summed E-state index contributed by atoms with van der Waals surface area (Å²) in [4.78, 5) is 10.6. The molecule has 0 aliphatic rings. The summed E-state index contributed by atoms with van der Waals surface area (Å²) in [6, 6.07) is 8.94. The molecule has 0 aromatic heterocycles. The molecular formula is C16H15F3N2O5S. The first-order valence-corrected chi connectivity index (χ1v) is 8.89. The SMILES string of the molecule is COc1ccc(CN(C)c2ccc(S(=O)(=O)C(F)(F)F)cc2[N+](=O)[O-])cc1. The molecule has 0 N–H and O–H groups in total. The third-order valence-electron chi connectivity index (χ3n) is 3.75. The molecule has 0 fully saturated rings. The van der Waals surface area contributed by atoms with Crippen LogP contribution in [-0.2, 0) is 16.4 Å². The van der Waals surface area contributed by atoms with Gasteiger partial charge >= 0.3 is 5.51 Å². The van der Waals surface area contributed by atoms with Crippen LogP contribution in [-0.4, -0.2) is 33.0 Å². The van der Waals surface area contributed by atoms with Crippen LogP contribution in [0.3, 0.4) is 0 Å². The minimum absolute atomic E-state index is 0.0167. The second kappa shape index (κ2) is 7.43. The number of hydrogen-bond donors (Lipinski definition) is 0. The Morgan fingerprint density at radius 3 is 2.22 bits per heavy atom. The molecule has 0 bridgehead atoms. The highest BCUT2D eigenvalue weighted by atomic mass is 32.2. The first-order chi connectivity index (χ1) is 12.5. The molecule has 11 heteroatoms. The maximum Gasteiger partial charge on any atom is 0.501 e. The summed E-state index contributed by atoms with van der Waals surface area (Å²) >= 11 is 0. The average Bonchev–Trinajstić information content (AvgIpc) is 2.60. The molecule has 7 nitrogen and oxygen atoms in total. The molecule has 0 atom stereocenters. The zero-order chi connectivity index (χ0) is 20.4.